The van der Waals surface area contributed by atoms with E-state index in [9.17, 15) is 10.2 Å². The lowest BCUT2D eigenvalue weighted by atomic mass is 10.1. The quantitative estimate of drug-likeness (QED) is 0.568. The molecule has 1 aromatic carbocycles. The predicted octanol–water partition coefficient (Wildman–Crippen LogP) is 0.198. The van der Waals surface area contributed by atoms with Crippen LogP contribution in [0.25, 0.3) is 12.2 Å². The molecule has 4 nitrogen and oxygen atoms in total. The van der Waals surface area contributed by atoms with Crippen molar-refractivity contribution in [3.63, 3.8) is 0 Å². The number of rotatable bonds is 0. The first-order chi connectivity index (χ1) is 6.79. The van der Waals surface area contributed by atoms with Gasteiger partial charge in [-0.3, -0.25) is 9.98 Å². The highest BCUT2D eigenvalue weighted by Gasteiger charge is 2.18. The van der Waals surface area contributed by atoms with Gasteiger partial charge in [0.15, 0.2) is 5.75 Å². The highest BCUT2D eigenvalue weighted by molar-refractivity contribution is 5.99. The first-order valence-corrected chi connectivity index (χ1v) is 4.15. The number of hydrogen-bond donors (Lipinski definition) is 2. The summed E-state index contributed by atoms with van der Waals surface area (Å²) >= 11 is 0. The summed E-state index contributed by atoms with van der Waals surface area (Å²) in [7, 11) is 0. The number of phenolic OH excluding ortho intramolecular Hbond substituents is 2. The number of nitrogens with zero attached hydrogens (tertiary/aromatic N) is 2. The molecule has 0 bridgehead atoms. The van der Waals surface area contributed by atoms with Crippen molar-refractivity contribution >= 4 is 24.1 Å². The molecule has 0 radical (unpaired) electrons. The molecule has 0 aliphatic carbocycles. The third-order valence-corrected chi connectivity index (χ3v) is 2.36. The molecule has 0 unspecified atom stereocenters. The zero-order valence-corrected chi connectivity index (χ0v) is 7.10. The maximum Gasteiger partial charge on any atom is 0.168 e. The molecule has 1 aromatic rings. The zero-order chi connectivity index (χ0) is 9.71. The molecule has 0 saturated heterocycles. The number of fused-ring (bicyclic) bond motifs is 2. The number of aliphatic imine (C=N–C) groups is 1. The van der Waals surface area contributed by atoms with Crippen LogP contribution in [0.15, 0.2) is 16.2 Å². The van der Waals surface area contributed by atoms with E-state index in [1.54, 1.807) is 24.6 Å². The minimum absolute atomic E-state index is 0.0304. The van der Waals surface area contributed by atoms with Gasteiger partial charge in [-0.2, -0.15) is 0 Å². The topological polar surface area (TPSA) is 65.2 Å². The van der Waals surface area contributed by atoms with Crippen molar-refractivity contribution < 1.29 is 10.2 Å². The van der Waals surface area contributed by atoms with Crippen LogP contribution in [-0.4, -0.2) is 16.4 Å². The summed E-state index contributed by atoms with van der Waals surface area (Å²) in [6.07, 6.45) is 6.42. The van der Waals surface area contributed by atoms with Gasteiger partial charge in [0.2, 0.25) is 0 Å². The molecule has 2 aliphatic heterocycles. The molecule has 14 heavy (non-hydrogen) atoms. The van der Waals surface area contributed by atoms with E-state index in [1.165, 1.54) is 0 Å². The maximum absolute atomic E-state index is 9.82. The lowest BCUT2D eigenvalue weighted by molar-refractivity contribution is 0.452. The Kier molecular flexibility index (Phi) is 1.16. The van der Waals surface area contributed by atoms with E-state index < -0.39 is 0 Å². The van der Waals surface area contributed by atoms with Gasteiger partial charge in [0.25, 0.3) is 0 Å². The summed E-state index contributed by atoms with van der Waals surface area (Å²) in [5, 5.41) is 20.6. The Labute approximate surface area is 78.9 Å². The fraction of sp³-hybridized carbons (Fsp3) is 0. The smallest absolute Gasteiger partial charge is 0.168 e. The van der Waals surface area contributed by atoms with Crippen LogP contribution >= 0.6 is 0 Å². The normalized spacial score (nSPS) is 14.9. The molecule has 0 aromatic heterocycles. The summed E-state index contributed by atoms with van der Waals surface area (Å²) in [5.41, 5.74) is 0.955. The second-order valence-corrected chi connectivity index (χ2v) is 3.11. The third kappa shape index (κ3) is 0.682. The van der Waals surface area contributed by atoms with Crippen molar-refractivity contribution in [2.45, 2.75) is 0 Å². The van der Waals surface area contributed by atoms with Gasteiger partial charge in [-0.15, -0.1) is 0 Å². The van der Waals surface area contributed by atoms with Gasteiger partial charge in [-0.1, -0.05) is 0 Å². The fourth-order valence-corrected chi connectivity index (χ4v) is 1.69. The zero-order valence-electron chi connectivity index (χ0n) is 7.10. The van der Waals surface area contributed by atoms with E-state index in [0.29, 0.717) is 21.8 Å². The number of aromatic hydroxyl groups is 2. The molecule has 0 fully saturated rings. The van der Waals surface area contributed by atoms with Crippen molar-refractivity contribution in [2.24, 2.45) is 9.98 Å². The van der Waals surface area contributed by atoms with Crippen LogP contribution in [-0.2, 0) is 0 Å². The van der Waals surface area contributed by atoms with Crippen LogP contribution < -0.4 is 10.6 Å². The minimum Gasteiger partial charge on any atom is -0.507 e. The maximum atomic E-state index is 9.82. The van der Waals surface area contributed by atoms with Gasteiger partial charge >= 0.3 is 0 Å². The molecule has 0 amide bonds. The summed E-state index contributed by atoms with van der Waals surface area (Å²) in [4.78, 5) is 7.92. The first kappa shape index (κ1) is 7.32. The van der Waals surface area contributed by atoms with E-state index in [4.69, 9.17) is 0 Å². The second kappa shape index (κ2) is 2.23. The van der Waals surface area contributed by atoms with Crippen LogP contribution in [0, 0.1) is 0 Å². The number of benzene rings is 1. The molecular weight excluding hydrogens is 180 g/mol. The third-order valence-electron chi connectivity index (χ3n) is 2.36. The molecule has 0 saturated carbocycles. The molecule has 68 valence electrons. The summed E-state index contributed by atoms with van der Waals surface area (Å²) < 4.78 is 0. The molecule has 2 N–H and O–H groups in total. The first-order valence-electron chi connectivity index (χ1n) is 4.15. The molecule has 0 atom stereocenters. The Bertz CT molecular complexity index is 556. The van der Waals surface area contributed by atoms with Gasteiger partial charge in [-0.25, -0.2) is 0 Å². The van der Waals surface area contributed by atoms with E-state index in [2.05, 4.69) is 9.98 Å². The lowest BCUT2D eigenvalue weighted by Gasteiger charge is -2.02. The standard InChI is InChI=1S/C10H6N2O2/c13-9-5-1-3-11-7(5)10(14)8-6(9)2-4-12-8/h1-4,13-14H. The van der Waals surface area contributed by atoms with Crippen molar-refractivity contribution in [2.75, 3.05) is 0 Å². The van der Waals surface area contributed by atoms with Crippen molar-refractivity contribution in [1.29, 1.82) is 0 Å². The molecule has 2 aliphatic rings. The van der Waals surface area contributed by atoms with Gasteiger partial charge in [0, 0.05) is 23.2 Å². The summed E-state index contributed by atoms with van der Waals surface area (Å²) in [6, 6.07) is 0. The van der Waals surface area contributed by atoms with Crippen LogP contribution in [0.1, 0.15) is 5.56 Å². The van der Waals surface area contributed by atoms with Gasteiger partial charge in [-0.05, 0) is 12.2 Å². The van der Waals surface area contributed by atoms with Crippen LogP contribution in [0.3, 0.4) is 0 Å². The van der Waals surface area contributed by atoms with Gasteiger partial charge in [0.1, 0.15) is 16.8 Å². The van der Waals surface area contributed by atoms with Crippen molar-refractivity contribution in [1.82, 2.24) is 0 Å². The Balaban J connectivity index is 2.61. The molecule has 2 heterocycles. The Hall–Kier alpha value is -2.10. The van der Waals surface area contributed by atoms with E-state index in [-0.39, 0.29) is 11.5 Å². The van der Waals surface area contributed by atoms with E-state index >= 15 is 0 Å². The van der Waals surface area contributed by atoms with Crippen LogP contribution in [0.5, 0.6) is 11.5 Å². The highest BCUT2D eigenvalue weighted by Crippen LogP contribution is 2.27. The van der Waals surface area contributed by atoms with E-state index in [1.807, 2.05) is 0 Å². The summed E-state index contributed by atoms with van der Waals surface area (Å²) in [5.74, 6) is 0.158. The minimum atomic E-state index is 0.0304. The Morgan fingerprint density at radius 1 is 1.14 bits per heavy atom. The summed E-state index contributed by atoms with van der Waals surface area (Å²) in [6.45, 7) is 0. The average Bonchev–Trinajstić information content (AvgIpc) is 2.82. The van der Waals surface area contributed by atoms with Gasteiger partial charge in [0.05, 0.1) is 0 Å². The number of phenols is 2. The largest absolute Gasteiger partial charge is 0.507 e. The van der Waals surface area contributed by atoms with Gasteiger partial charge < -0.3 is 10.2 Å². The highest BCUT2D eigenvalue weighted by atomic mass is 16.3. The van der Waals surface area contributed by atoms with E-state index in [0.717, 1.165) is 0 Å². The Morgan fingerprint density at radius 3 is 2.86 bits per heavy atom. The molecule has 0 spiro atoms. The van der Waals surface area contributed by atoms with Crippen LogP contribution in [0.4, 0.5) is 5.69 Å². The number of hydrogen-bond acceptors (Lipinski definition) is 4. The molecular formula is C10H6N2O2. The average molecular weight is 186 g/mol. The molecule has 3 rings (SSSR count). The Morgan fingerprint density at radius 2 is 2.00 bits per heavy atom. The SMILES string of the molecule is Oc1c2c(c(O)c3c1=CC=N3)=NC=C2. The second-order valence-electron chi connectivity index (χ2n) is 3.11. The van der Waals surface area contributed by atoms with Crippen molar-refractivity contribution in [3.05, 3.63) is 22.3 Å². The monoisotopic (exact) mass is 186 g/mol. The fourth-order valence-electron chi connectivity index (χ4n) is 1.69. The molecule has 4 heteroatoms. The predicted molar refractivity (Wildman–Crippen MR) is 52.2 cm³/mol. The van der Waals surface area contributed by atoms with Crippen LogP contribution in [0.2, 0.25) is 0 Å². The lowest BCUT2D eigenvalue weighted by Crippen LogP contribution is -2.12. The van der Waals surface area contributed by atoms with Crippen molar-refractivity contribution in [3.8, 4) is 11.5 Å².